The van der Waals surface area contributed by atoms with Crippen LogP contribution in [-0.4, -0.2) is 6.29 Å². The van der Waals surface area contributed by atoms with Crippen LogP contribution < -0.4 is 0 Å². The molecule has 70 valence electrons. The number of alkyl halides is 2. The third-order valence-corrected chi connectivity index (χ3v) is 1.85. The molecule has 13 heavy (non-hydrogen) atoms. The van der Waals surface area contributed by atoms with Crippen LogP contribution in [-0.2, 0) is 9.47 Å². The van der Waals surface area contributed by atoms with Crippen LogP contribution in [0, 0.1) is 0 Å². The fourth-order valence-corrected chi connectivity index (χ4v) is 1.20. The first kappa shape index (κ1) is 8.29. The highest BCUT2D eigenvalue weighted by molar-refractivity contribution is 5.32. The Kier molecular flexibility index (Phi) is 1.65. The molecule has 2 aliphatic rings. The zero-order valence-corrected chi connectivity index (χ0v) is 7.01. The first-order valence-electron chi connectivity index (χ1n) is 3.91. The minimum Gasteiger partial charge on any atom is -0.400 e. The molecule has 0 saturated heterocycles. The third-order valence-electron chi connectivity index (χ3n) is 1.85. The molecular formula is C9H8F2O2. The topological polar surface area (TPSA) is 18.5 Å². The second-order valence-electron chi connectivity index (χ2n) is 2.94. The third kappa shape index (κ3) is 1.56. The molecule has 0 aromatic carbocycles. The van der Waals surface area contributed by atoms with Gasteiger partial charge in [-0.1, -0.05) is 17.7 Å². The van der Waals surface area contributed by atoms with Crippen molar-refractivity contribution in [1.82, 2.24) is 0 Å². The summed E-state index contributed by atoms with van der Waals surface area (Å²) < 4.78 is 33.7. The molecule has 0 bridgehead atoms. The van der Waals surface area contributed by atoms with Crippen molar-refractivity contribution in [1.29, 1.82) is 0 Å². The standard InChI is InChI=1S/C9H8F2O2/c1-6-2-4-7-8(5-3-6)13-9(10,11)12-7/h2-4H,5H2,1H3. The van der Waals surface area contributed by atoms with Gasteiger partial charge in [0.2, 0.25) is 0 Å². The van der Waals surface area contributed by atoms with Crippen LogP contribution >= 0.6 is 0 Å². The Hall–Kier alpha value is -1.32. The predicted octanol–water partition coefficient (Wildman–Crippen LogP) is 2.70. The van der Waals surface area contributed by atoms with Crippen LogP contribution in [0.25, 0.3) is 0 Å². The molecule has 0 fully saturated rings. The molecule has 0 amide bonds. The Morgan fingerprint density at radius 2 is 2.08 bits per heavy atom. The smallest absolute Gasteiger partial charge is 0.400 e. The van der Waals surface area contributed by atoms with E-state index in [0.717, 1.165) is 5.57 Å². The fourth-order valence-electron chi connectivity index (χ4n) is 1.20. The summed E-state index contributed by atoms with van der Waals surface area (Å²) in [6.45, 7) is 1.89. The summed E-state index contributed by atoms with van der Waals surface area (Å²) in [6, 6.07) is 0. The molecule has 0 atom stereocenters. The molecule has 1 aliphatic carbocycles. The van der Waals surface area contributed by atoms with Crippen molar-refractivity contribution in [2.45, 2.75) is 19.6 Å². The van der Waals surface area contributed by atoms with Crippen LogP contribution in [0.4, 0.5) is 8.78 Å². The number of allylic oxidation sites excluding steroid dienone is 4. The highest BCUT2D eigenvalue weighted by Gasteiger charge is 2.43. The summed E-state index contributed by atoms with van der Waals surface area (Å²) in [4.78, 5) is 0. The molecule has 0 spiro atoms. The summed E-state index contributed by atoms with van der Waals surface area (Å²) >= 11 is 0. The molecule has 1 heterocycles. The Labute approximate surface area is 74.1 Å². The van der Waals surface area contributed by atoms with Gasteiger partial charge in [-0.15, -0.1) is 8.78 Å². The van der Waals surface area contributed by atoms with Gasteiger partial charge in [-0.05, 0) is 13.0 Å². The monoisotopic (exact) mass is 186 g/mol. The molecule has 1 aliphatic heterocycles. The van der Waals surface area contributed by atoms with E-state index in [1.165, 1.54) is 6.08 Å². The highest BCUT2D eigenvalue weighted by Crippen LogP contribution is 2.36. The minimum atomic E-state index is -3.49. The molecule has 0 N–H and O–H groups in total. The van der Waals surface area contributed by atoms with Crippen molar-refractivity contribution in [3.8, 4) is 0 Å². The number of hydrogen-bond donors (Lipinski definition) is 0. The number of rotatable bonds is 0. The van der Waals surface area contributed by atoms with E-state index in [0.29, 0.717) is 6.42 Å². The maximum absolute atomic E-state index is 12.5. The van der Waals surface area contributed by atoms with E-state index in [2.05, 4.69) is 9.47 Å². The Bertz CT molecular complexity index is 327. The van der Waals surface area contributed by atoms with Crippen LogP contribution in [0.5, 0.6) is 0 Å². The molecule has 0 saturated carbocycles. The molecule has 0 unspecified atom stereocenters. The van der Waals surface area contributed by atoms with Crippen molar-refractivity contribution < 1.29 is 18.3 Å². The van der Waals surface area contributed by atoms with Gasteiger partial charge in [0.25, 0.3) is 0 Å². The normalized spacial score (nSPS) is 24.4. The second kappa shape index (κ2) is 2.58. The summed E-state index contributed by atoms with van der Waals surface area (Å²) in [7, 11) is 0. The average molecular weight is 186 g/mol. The molecule has 4 heteroatoms. The van der Waals surface area contributed by atoms with Gasteiger partial charge in [0.05, 0.1) is 0 Å². The summed E-state index contributed by atoms with van der Waals surface area (Å²) in [5.74, 6) is 0.316. The van der Waals surface area contributed by atoms with Gasteiger partial charge in [-0.3, -0.25) is 0 Å². The maximum Gasteiger partial charge on any atom is 0.585 e. The largest absolute Gasteiger partial charge is 0.585 e. The Balaban J connectivity index is 2.24. The second-order valence-corrected chi connectivity index (χ2v) is 2.94. The predicted molar refractivity (Wildman–Crippen MR) is 41.7 cm³/mol. The van der Waals surface area contributed by atoms with E-state index in [9.17, 15) is 8.78 Å². The zero-order chi connectivity index (χ0) is 9.47. The lowest BCUT2D eigenvalue weighted by Gasteiger charge is -2.07. The lowest BCUT2D eigenvalue weighted by atomic mass is 10.2. The van der Waals surface area contributed by atoms with Crippen molar-refractivity contribution in [2.75, 3.05) is 0 Å². The first-order chi connectivity index (χ1) is 6.07. The number of hydrogen-bond acceptors (Lipinski definition) is 2. The van der Waals surface area contributed by atoms with Crippen molar-refractivity contribution >= 4 is 0 Å². The Morgan fingerprint density at radius 1 is 1.31 bits per heavy atom. The van der Waals surface area contributed by atoms with E-state index < -0.39 is 6.29 Å². The van der Waals surface area contributed by atoms with Crippen molar-refractivity contribution in [3.05, 3.63) is 35.3 Å². The van der Waals surface area contributed by atoms with E-state index in [-0.39, 0.29) is 11.5 Å². The van der Waals surface area contributed by atoms with Gasteiger partial charge in [0.15, 0.2) is 11.5 Å². The van der Waals surface area contributed by atoms with Crippen LogP contribution in [0.3, 0.4) is 0 Å². The van der Waals surface area contributed by atoms with Gasteiger partial charge in [0.1, 0.15) is 0 Å². The highest BCUT2D eigenvalue weighted by atomic mass is 19.3. The number of halogens is 2. The minimum absolute atomic E-state index is 0.123. The lowest BCUT2D eigenvalue weighted by Crippen LogP contribution is -2.16. The molecule has 2 rings (SSSR count). The molecule has 0 aromatic heterocycles. The SMILES string of the molecule is CC1=CCC2=C(C=C1)OC(F)(F)O2. The lowest BCUT2D eigenvalue weighted by molar-refractivity contribution is -0.336. The quantitative estimate of drug-likeness (QED) is 0.579. The fraction of sp³-hybridized carbons (Fsp3) is 0.333. The number of ether oxygens (including phenoxy) is 2. The average Bonchev–Trinajstić information content (AvgIpc) is 2.23. The van der Waals surface area contributed by atoms with Crippen LogP contribution in [0.1, 0.15) is 13.3 Å². The van der Waals surface area contributed by atoms with Gasteiger partial charge in [-0.2, -0.15) is 0 Å². The van der Waals surface area contributed by atoms with Crippen LogP contribution in [0.15, 0.2) is 35.3 Å². The molecular weight excluding hydrogens is 178 g/mol. The van der Waals surface area contributed by atoms with E-state index >= 15 is 0 Å². The van der Waals surface area contributed by atoms with E-state index in [1.807, 2.05) is 13.0 Å². The first-order valence-corrected chi connectivity index (χ1v) is 3.91. The zero-order valence-electron chi connectivity index (χ0n) is 7.01. The molecule has 0 radical (unpaired) electrons. The summed E-state index contributed by atoms with van der Waals surface area (Å²) in [5.41, 5.74) is 1.00. The van der Waals surface area contributed by atoms with Gasteiger partial charge < -0.3 is 9.47 Å². The molecule has 2 nitrogen and oxygen atoms in total. The van der Waals surface area contributed by atoms with Crippen LogP contribution in [0.2, 0.25) is 0 Å². The van der Waals surface area contributed by atoms with Crippen molar-refractivity contribution in [2.24, 2.45) is 0 Å². The van der Waals surface area contributed by atoms with Gasteiger partial charge in [0, 0.05) is 6.42 Å². The van der Waals surface area contributed by atoms with Crippen molar-refractivity contribution in [3.63, 3.8) is 0 Å². The molecule has 0 aromatic rings. The van der Waals surface area contributed by atoms with E-state index in [4.69, 9.17) is 0 Å². The van der Waals surface area contributed by atoms with Gasteiger partial charge >= 0.3 is 6.29 Å². The Morgan fingerprint density at radius 3 is 2.85 bits per heavy atom. The summed E-state index contributed by atoms with van der Waals surface area (Å²) in [5, 5.41) is 0. The van der Waals surface area contributed by atoms with Gasteiger partial charge in [-0.25, -0.2) is 0 Å². The van der Waals surface area contributed by atoms with E-state index in [1.54, 1.807) is 6.08 Å². The summed E-state index contributed by atoms with van der Waals surface area (Å²) in [6.07, 6.45) is 1.88. The maximum atomic E-state index is 12.5.